The van der Waals surface area contributed by atoms with Gasteiger partial charge in [0.05, 0.1) is 0 Å². The first-order valence-corrected chi connectivity index (χ1v) is 6.57. The molecule has 1 aromatic rings. The highest BCUT2D eigenvalue weighted by atomic mass is 35.5. The van der Waals surface area contributed by atoms with E-state index in [2.05, 4.69) is 0 Å². The van der Waals surface area contributed by atoms with Crippen LogP contribution in [0.4, 0.5) is 13.2 Å². The van der Waals surface area contributed by atoms with Gasteiger partial charge in [0.15, 0.2) is 0 Å². The summed E-state index contributed by atoms with van der Waals surface area (Å²) >= 11 is 6.79. The lowest BCUT2D eigenvalue weighted by atomic mass is 10.1. The van der Waals surface area contributed by atoms with E-state index < -0.39 is 17.9 Å². The van der Waals surface area contributed by atoms with Crippen LogP contribution in [-0.2, 0) is 5.75 Å². The first-order valence-electron chi connectivity index (χ1n) is 5.03. The number of hydrogen-bond acceptors (Lipinski definition) is 2. The van der Waals surface area contributed by atoms with Crippen molar-refractivity contribution < 1.29 is 13.2 Å². The van der Waals surface area contributed by atoms with Gasteiger partial charge in [-0.15, -0.1) is 0 Å². The largest absolute Gasteiger partial charge is 0.399 e. The lowest BCUT2D eigenvalue weighted by Crippen LogP contribution is -2.37. The molecule has 100 valence electrons. The maximum Gasteiger partial charge on any atom is 0.399 e. The average molecular weight is 297 g/mol. The highest BCUT2D eigenvalue weighted by Gasteiger charge is 2.41. The molecular weight excluding hydrogens is 285 g/mol. The third kappa shape index (κ3) is 4.78. The molecule has 0 saturated heterocycles. The van der Waals surface area contributed by atoms with Gasteiger partial charge in [-0.1, -0.05) is 23.7 Å². The van der Waals surface area contributed by atoms with Crippen molar-refractivity contribution in [3.05, 3.63) is 34.9 Å². The highest BCUT2D eigenvalue weighted by Crippen LogP contribution is 2.30. The molecule has 2 nitrogen and oxygen atoms in total. The van der Waals surface area contributed by atoms with E-state index in [-0.39, 0.29) is 5.75 Å². The molecular formula is C11H12ClF3N2S. The van der Waals surface area contributed by atoms with Crippen LogP contribution in [0.15, 0.2) is 24.3 Å². The summed E-state index contributed by atoms with van der Waals surface area (Å²) in [6.07, 6.45) is -4.46. The predicted molar refractivity (Wildman–Crippen MR) is 69.1 cm³/mol. The molecule has 0 aliphatic carbocycles. The maximum atomic E-state index is 12.5. The number of hydrogen-bond donors (Lipinski definition) is 2. The molecule has 0 amide bonds. The summed E-state index contributed by atoms with van der Waals surface area (Å²) in [5, 5.41) is 7.53. The van der Waals surface area contributed by atoms with Crippen LogP contribution >= 0.6 is 23.4 Å². The minimum absolute atomic E-state index is 0.249. The molecule has 0 aliphatic heterocycles. The molecule has 1 atom stereocenters. The summed E-state index contributed by atoms with van der Waals surface area (Å²) in [6.45, 7) is 0. The van der Waals surface area contributed by atoms with Crippen molar-refractivity contribution in [2.75, 3.05) is 5.75 Å². The fraction of sp³-hybridized carbons (Fsp3) is 0.364. The van der Waals surface area contributed by atoms with Crippen molar-refractivity contribution in [3.63, 3.8) is 0 Å². The van der Waals surface area contributed by atoms with E-state index in [9.17, 15) is 13.2 Å². The van der Waals surface area contributed by atoms with E-state index in [1.54, 1.807) is 24.3 Å². The van der Waals surface area contributed by atoms with Crippen LogP contribution in [0.2, 0.25) is 5.02 Å². The van der Waals surface area contributed by atoms with E-state index in [0.29, 0.717) is 10.8 Å². The summed E-state index contributed by atoms with van der Waals surface area (Å²) in [4.78, 5) is 0. The molecule has 1 rings (SSSR count). The van der Waals surface area contributed by atoms with Crippen LogP contribution in [0.25, 0.3) is 0 Å². The molecule has 0 aliphatic rings. The van der Waals surface area contributed by atoms with Crippen LogP contribution in [0.3, 0.4) is 0 Å². The lowest BCUT2D eigenvalue weighted by molar-refractivity contribution is -0.150. The molecule has 0 fully saturated rings. The maximum absolute atomic E-state index is 12.5. The van der Waals surface area contributed by atoms with Gasteiger partial charge in [-0.05, 0) is 17.7 Å². The number of amidine groups is 1. The predicted octanol–water partition coefficient (Wildman–Crippen LogP) is 3.69. The third-order valence-electron chi connectivity index (χ3n) is 2.24. The van der Waals surface area contributed by atoms with Gasteiger partial charge in [0.25, 0.3) is 0 Å². The molecule has 0 aromatic heterocycles. The topological polar surface area (TPSA) is 49.9 Å². The Morgan fingerprint density at radius 1 is 1.33 bits per heavy atom. The second-order valence-corrected chi connectivity index (χ2v) is 5.16. The van der Waals surface area contributed by atoms with Crippen LogP contribution in [0, 0.1) is 11.3 Å². The number of nitrogens with one attached hydrogen (secondary N) is 1. The Kier molecular flexibility index (Phi) is 5.34. The quantitative estimate of drug-likeness (QED) is 0.643. The van der Waals surface area contributed by atoms with Crippen LogP contribution in [0.5, 0.6) is 0 Å². The van der Waals surface area contributed by atoms with Crippen molar-refractivity contribution in [2.24, 2.45) is 11.7 Å². The minimum Gasteiger partial charge on any atom is -0.387 e. The fourth-order valence-electron chi connectivity index (χ4n) is 1.24. The van der Waals surface area contributed by atoms with Crippen molar-refractivity contribution in [2.45, 2.75) is 11.9 Å². The monoisotopic (exact) mass is 296 g/mol. The van der Waals surface area contributed by atoms with Gasteiger partial charge in [-0.2, -0.15) is 24.9 Å². The lowest BCUT2D eigenvalue weighted by Gasteiger charge is -2.18. The smallest absolute Gasteiger partial charge is 0.387 e. The fourth-order valence-corrected chi connectivity index (χ4v) is 2.51. The number of benzene rings is 1. The molecule has 0 bridgehead atoms. The molecule has 7 heteroatoms. The Balaban J connectivity index is 2.49. The normalized spacial score (nSPS) is 13.3. The van der Waals surface area contributed by atoms with Gasteiger partial charge in [-0.25, -0.2) is 0 Å². The Morgan fingerprint density at radius 2 is 1.89 bits per heavy atom. The van der Waals surface area contributed by atoms with E-state index in [1.807, 2.05) is 0 Å². The molecule has 0 spiro atoms. The Bertz CT molecular complexity index is 406. The summed E-state index contributed by atoms with van der Waals surface area (Å²) in [5.41, 5.74) is 5.84. The van der Waals surface area contributed by atoms with Gasteiger partial charge in [0.1, 0.15) is 11.8 Å². The van der Waals surface area contributed by atoms with Crippen molar-refractivity contribution >= 4 is 29.2 Å². The third-order valence-corrected chi connectivity index (χ3v) is 3.60. The summed E-state index contributed by atoms with van der Waals surface area (Å²) in [7, 11) is 0. The van der Waals surface area contributed by atoms with Crippen molar-refractivity contribution in [1.29, 1.82) is 5.41 Å². The zero-order valence-electron chi connectivity index (χ0n) is 9.30. The zero-order valence-corrected chi connectivity index (χ0v) is 10.9. The second-order valence-electron chi connectivity index (χ2n) is 3.69. The summed E-state index contributed by atoms with van der Waals surface area (Å²) < 4.78 is 37.5. The van der Waals surface area contributed by atoms with Gasteiger partial charge in [0, 0.05) is 16.5 Å². The Morgan fingerprint density at radius 3 is 2.33 bits per heavy atom. The molecule has 3 N–H and O–H groups in total. The van der Waals surface area contributed by atoms with Crippen LogP contribution in [0.1, 0.15) is 5.56 Å². The number of halogens is 4. The molecule has 0 saturated carbocycles. The van der Waals surface area contributed by atoms with Gasteiger partial charge >= 0.3 is 6.18 Å². The van der Waals surface area contributed by atoms with Crippen LogP contribution < -0.4 is 5.73 Å². The van der Waals surface area contributed by atoms with Gasteiger partial charge in [0.2, 0.25) is 0 Å². The first-order chi connectivity index (χ1) is 8.30. The molecule has 1 aromatic carbocycles. The van der Waals surface area contributed by atoms with E-state index >= 15 is 0 Å². The standard InChI is InChI=1S/C11H12ClF3N2S/c12-8-3-1-7(2-4-8)5-18-6-9(10(16)17)11(13,14)15/h1-4,9H,5-6H2,(H3,16,17). The second kappa shape index (κ2) is 6.33. The van der Waals surface area contributed by atoms with Crippen LogP contribution in [-0.4, -0.2) is 17.8 Å². The van der Waals surface area contributed by atoms with Gasteiger partial charge in [-0.3, -0.25) is 5.41 Å². The van der Waals surface area contributed by atoms with E-state index in [0.717, 1.165) is 17.3 Å². The minimum atomic E-state index is -4.46. The summed E-state index contributed by atoms with van der Waals surface area (Å²) in [6, 6.07) is 6.88. The zero-order chi connectivity index (χ0) is 13.8. The summed E-state index contributed by atoms with van der Waals surface area (Å²) in [5.74, 6) is -2.54. The molecule has 0 radical (unpaired) electrons. The molecule has 18 heavy (non-hydrogen) atoms. The number of rotatable bonds is 5. The Hall–Kier alpha value is -0.880. The van der Waals surface area contributed by atoms with Crippen molar-refractivity contribution in [3.8, 4) is 0 Å². The first kappa shape index (κ1) is 15.2. The van der Waals surface area contributed by atoms with Crippen molar-refractivity contribution in [1.82, 2.24) is 0 Å². The average Bonchev–Trinajstić information content (AvgIpc) is 2.24. The number of alkyl halides is 3. The number of thioether (sulfide) groups is 1. The highest BCUT2D eigenvalue weighted by molar-refractivity contribution is 7.98. The van der Waals surface area contributed by atoms with Gasteiger partial charge < -0.3 is 5.73 Å². The van der Waals surface area contributed by atoms with E-state index in [1.165, 1.54) is 0 Å². The van der Waals surface area contributed by atoms with E-state index in [4.69, 9.17) is 22.7 Å². The number of nitrogens with two attached hydrogens (primary N) is 1. The molecule has 0 heterocycles. The molecule has 1 unspecified atom stereocenters. The SMILES string of the molecule is N=C(N)C(CSCc1ccc(Cl)cc1)C(F)(F)F. The Labute approximate surface area is 112 Å².